The van der Waals surface area contributed by atoms with Gasteiger partial charge in [-0.3, -0.25) is 4.79 Å². The Bertz CT molecular complexity index is 517. The number of amides is 1. The van der Waals surface area contributed by atoms with Crippen molar-refractivity contribution < 1.29 is 9.90 Å². The summed E-state index contributed by atoms with van der Waals surface area (Å²) in [5, 5.41) is 12.3. The monoisotopic (exact) mass is 218 g/mol. The topological polar surface area (TPSA) is 54.3 Å². The summed E-state index contributed by atoms with van der Waals surface area (Å²) in [6.45, 7) is 0.232. The molecule has 1 heterocycles. The van der Waals surface area contributed by atoms with Crippen molar-refractivity contribution in [1.29, 1.82) is 0 Å². The van der Waals surface area contributed by atoms with Crippen LogP contribution in [0.3, 0.4) is 0 Å². The second-order valence-corrected chi connectivity index (χ2v) is 3.63. The normalized spacial score (nSPS) is 10.6. The van der Waals surface area contributed by atoms with E-state index < -0.39 is 0 Å². The number of aryl methyl sites for hydroxylation is 1. The first kappa shape index (κ1) is 10.7. The summed E-state index contributed by atoms with van der Waals surface area (Å²) in [6, 6.07) is 9.67. The number of aliphatic hydroxyl groups excluding tert-OH is 1. The van der Waals surface area contributed by atoms with Crippen molar-refractivity contribution in [3.05, 3.63) is 36.0 Å². The summed E-state index contributed by atoms with van der Waals surface area (Å²) in [5.41, 5.74) is 1.63. The number of carbonyl (C=O) groups is 1. The van der Waals surface area contributed by atoms with Gasteiger partial charge in [-0.05, 0) is 12.1 Å². The molecule has 1 aromatic carbocycles. The van der Waals surface area contributed by atoms with E-state index >= 15 is 0 Å². The lowest BCUT2D eigenvalue weighted by Gasteiger charge is -2.04. The molecule has 0 aliphatic carbocycles. The standard InChI is InChI=1S/C12H14N2O2/c1-14-10-5-3-2-4-9(10)8-11(14)12(16)13-6-7-15/h2-5,8,15H,6-7H2,1H3,(H,13,16). The Labute approximate surface area is 93.5 Å². The van der Waals surface area contributed by atoms with Crippen LogP contribution in [-0.4, -0.2) is 28.7 Å². The predicted molar refractivity (Wildman–Crippen MR) is 62.3 cm³/mol. The van der Waals surface area contributed by atoms with E-state index in [4.69, 9.17) is 5.11 Å². The highest BCUT2D eigenvalue weighted by Gasteiger charge is 2.11. The lowest BCUT2D eigenvalue weighted by Crippen LogP contribution is -2.27. The zero-order chi connectivity index (χ0) is 11.5. The molecule has 0 saturated heterocycles. The van der Waals surface area contributed by atoms with E-state index in [1.807, 2.05) is 41.9 Å². The van der Waals surface area contributed by atoms with Crippen molar-refractivity contribution in [2.75, 3.05) is 13.2 Å². The molecular weight excluding hydrogens is 204 g/mol. The van der Waals surface area contributed by atoms with Crippen molar-refractivity contribution in [1.82, 2.24) is 9.88 Å². The minimum Gasteiger partial charge on any atom is -0.395 e. The predicted octanol–water partition coefficient (Wildman–Crippen LogP) is 0.900. The van der Waals surface area contributed by atoms with Gasteiger partial charge in [-0.1, -0.05) is 18.2 Å². The van der Waals surface area contributed by atoms with E-state index in [9.17, 15) is 4.79 Å². The maximum atomic E-state index is 11.8. The van der Waals surface area contributed by atoms with Crippen LogP contribution in [0, 0.1) is 0 Å². The molecule has 0 aliphatic heterocycles. The van der Waals surface area contributed by atoms with Gasteiger partial charge in [0.25, 0.3) is 5.91 Å². The molecule has 0 spiro atoms. The van der Waals surface area contributed by atoms with Gasteiger partial charge in [-0.15, -0.1) is 0 Å². The van der Waals surface area contributed by atoms with E-state index in [0.717, 1.165) is 10.9 Å². The summed E-state index contributed by atoms with van der Waals surface area (Å²) < 4.78 is 1.85. The fraction of sp³-hybridized carbons (Fsp3) is 0.250. The van der Waals surface area contributed by atoms with Gasteiger partial charge in [0.05, 0.1) is 6.61 Å². The number of para-hydroxylation sites is 1. The third-order valence-electron chi connectivity index (χ3n) is 2.58. The van der Waals surface area contributed by atoms with Crippen LogP contribution in [0.25, 0.3) is 10.9 Å². The number of hydrogen-bond acceptors (Lipinski definition) is 2. The molecule has 1 amide bonds. The van der Waals surface area contributed by atoms with Gasteiger partial charge >= 0.3 is 0 Å². The fourth-order valence-corrected chi connectivity index (χ4v) is 1.77. The summed E-state index contributed by atoms with van der Waals surface area (Å²) in [7, 11) is 1.86. The smallest absolute Gasteiger partial charge is 0.268 e. The van der Waals surface area contributed by atoms with Crippen molar-refractivity contribution in [3.8, 4) is 0 Å². The van der Waals surface area contributed by atoms with Gasteiger partial charge in [0.15, 0.2) is 0 Å². The summed E-state index contributed by atoms with van der Waals surface area (Å²) >= 11 is 0. The highest BCUT2D eigenvalue weighted by atomic mass is 16.3. The minimum atomic E-state index is -0.159. The van der Waals surface area contributed by atoms with Crippen LogP contribution in [0.15, 0.2) is 30.3 Å². The van der Waals surface area contributed by atoms with E-state index in [1.54, 1.807) is 0 Å². The Hall–Kier alpha value is -1.81. The molecule has 0 radical (unpaired) electrons. The van der Waals surface area contributed by atoms with Gasteiger partial charge in [0.1, 0.15) is 5.69 Å². The van der Waals surface area contributed by atoms with Gasteiger partial charge < -0.3 is 15.0 Å². The highest BCUT2D eigenvalue weighted by Crippen LogP contribution is 2.17. The van der Waals surface area contributed by atoms with E-state index in [2.05, 4.69) is 5.32 Å². The molecule has 0 atom stereocenters. The van der Waals surface area contributed by atoms with Gasteiger partial charge in [-0.25, -0.2) is 0 Å². The summed E-state index contributed by atoms with van der Waals surface area (Å²) in [5.74, 6) is -0.159. The molecule has 0 unspecified atom stereocenters. The molecule has 4 nitrogen and oxygen atoms in total. The second kappa shape index (κ2) is 4.37. The number of aromatic nitrogens is 1. The van der Waals surface area contributed by atoms with Crippen LogP contribution >= 0.6 is 0 Å². The van der Waals surface area contributed by atoms with Gasteiger partial charge in [-0.2, -0.15) is 0 Å². The average molecular weight is 218 g/mol. The molecule has 2 rings (SSSR count). The quantitative estimate of drug-likeness (QED) is 0.804. The molecule has 0 saturated carbocycles. The van der Waals surface area contributed by atoms with Crippen LogP contribution in [0.1, 0.15) is 10.5 Å². The van der Waals surface area contributed by atoms with Gasteiger partial charge in [0, 0.05) is 24.5 Å². The van der Waals surface area contributed by atoms with Gasteiger partial charge in [0.2, 0.25) is 0 Å². The Morgan fingerprint density at radius 3 is 2.88 bits per heavy atom. The van der Waals surface area contributed by atoms with Crippen LogP contribution in [-0.2, 0) is 7.05 Å². The zero-order valence-electron chi connectivity index (χ0n) is 9.10. The van der Waals surface area contributed by atoms with Crippen LogP contribution < -0.4 is 5.32 Å². The molecule has 0 bridgehead atoms. The number of nitrogens with one attached hydrogen (secondary N) is 1. The van der Waals surface area contributed by atoms with Crippen molar-refractivity contribution in [2.45, 2.75) is 0 Å². The molecule has 0 fully saturated rings. The molecule has 1 aromatic heterocycles. The third-order valence-corrected chi connectivity index (χ3v) is 2.58. The number of rotatable bonds is 3. The third kappa shape index (κ3) is 1.79. The lowest BCUT2D eigenvalue weighted by molar-refractivity contribution is 0.0937. The number of carbonyl (C=O) groups excluding carboxylic acids is 1. The molecule has 84 valence electrons. The number of nitrogens with zero attached hydrogens (tertiary/aromatic N) is 1. The SMILES string of the molecule is Cn1c(C(=O)NCCO)cc2ccccc21. The number of benzene rings is 1. The average Bonchev–Trinajstić information content (AvgIpc) is 2.64. The first-order valence-electron chi connectivity index (χ1n) is 5.17. The number of aliphatic hydroxyl groups is 1. The first-order chi connectivity index (χ1) is 7.74. The van der Waals surface area contributed by atoms with E-state index in [0.29, 0.717) is 5.69 Å². The Morgan fingerprint density at radius 2 is 2.19 bits per heavy atom. The van der Waals surface area contributed by atoms with Crippen LogP contribution in [0.2, 0.25) is 0 Å². The van der Waals surface area contributed by atoms with Crippen molar-refractivity contribution in [3.63, 3.8) is 0 Å². The zero-order valence-corrected chi connectivity index (χ0v) is 9.10. The Morgan fingerprint density at radius 1 is 1.44 bits per heavy atom. The number of fused-ring (bicyclic) bond motifs is 1. The molecular formula is C12H14N2O2. The molecule has 2 N–H and O–H groups in total. The molecule has 4 heteroatoms. The van der Waals surface area contributed by atoms with E-state index in [-0.39, 0.29) is 19.1 Å². The largest absolute Gasteiger partial charge is 0.395 e. The van der Waals surface area contributed by atoms with Crippen LogP contribution in [0.5, 0.6) is 0 Å². The van der Waals surface area contributed by atoms with Crippen LogP contribution in [0.4, 0.5) is 0 Å². The fourth-order valence-electron chi connectivity index (χ4n) is 1.77. The summed E-state index contributed by atoms with van der Waals surface area (Å²) in [4.78, 5) is 11.8. The maximum absolute atomic E-state index is 11.8. The van der Waals surface area contributed by atoms with E-state index in [1.165, 1.54) is 0 Å². The minimum absolute atomic E-state index is 0.0459. The van der Waals surface area contributed by atoms with Crippen molar-refractivity contribution >= 4 is 16.8 Å². The second-order valence-electron chi connectivity index (χ2n) is 3.63. The van der Waals surface area contributed by atoms with Crippen molar-refractivity contribution in [2.24, 2.45) is 7.05 Å². The Balaban J connectivity index is 2.37. The first-order valence-corrected chi connectivity index (χ1v) is 5.17. The molecule has 2 aromatic rings. The maximum Gasteiger partial charge on any atom is 0.268 e. The lowest BCUT2D eigenvalue weighted by atomic mass is 10.2. The molecule has 0 aliphatic rings. The molecule has 16 heavy (non-hydrogen) atoms. The Kier molecular flexibility index (Phi) is 2.92. The highest BCUT2D eigenvalue weighted by molar-refractivity contribution is 5.98. The number of hydrogen-bond donors (Lipinski definition) is 2. The summed E-state index contributed by atoms with van der Waals surface area (Å²) in [6.07, 6.45) is 0.